The lowest BCUT2D eigenvalue weighted by atomic mass is 9.89. The highest BCUT2D eigenvalue weighted by Crippen LogP contribution is 2.23. The SMILES string of the molecule is CCCC1CC(NCC(F)F)CN(C(C)CC)C1. The maximum atomic E-state index is 12.3. The molecule has 1 N–H and O–H groups in total. The van der Waals surface area contributed by atoms with Gasteiger partial charge in [-0.3, -0.25) is 4.90 Å². The monoisotopic (exact) mass is 262 g/mol. The third-order valence-corrected chi connectivity index (χ3v) is 4.04. The Labute approximate surface area is 110 Å². The molecular weight excluding hydrogens is 234 g/mol. The largest absolute Gasteiger partial charge is 0.307 e. The van der Waals surface area contributed by atoms with Crippen LogP contribution < -0.4 is 5.32 Å². The molecule has 4 heteroatoms. The molecule has 1 rings (SSSR count). The first-order valence-electron chi connectivity index (χ1n) is 7.32. The third kappa shape index (κ3) is 5.19. The van der Waals surface area contributed by atoms with E-state index in [2.05, 4.69) is 31.0 Å². The number of nitrogens with zero attached hydrogens (tertiary/aromatic N) is 1. The minimum atomic E-state index is -2.24. The number of halogens is 2. The molecule has 3 unspecified atom stereocenters. The molecule has 0 aromatic heterocycles. The molecule has 0 bridgehead atoms. The van der Waals surface area contributed by atoms with Crippen LogP contribution in [-0.2, 0) is 0 Å². The third-order valence-electron chi connectivity index (χ3n) is 4.04. The Morgan fingerprint density at radius 2 is 2.00 bits per heavy atom. The summed E-state index contributed by atoms with van der Waals surface area (Å²) in [4.78, 5) is 2.47. The van der Waals surface area contributed by atoms with Crippen LogP contribution in [0.2, 0.25) is 0 Å². The molecule has 3 atom stereocenters. The van der Waals surface area contributed by atoms with E-state index in [1.54, 1.807) is 0 Å². The summed E-state index contributed by atoms with van der Waals surface area (Å²) in [6.07, 6.45) is 2.32. The number of alkyl halides is 2. The highest BCUT2D eigenvalue weighted by atomic mass is 19.3. The summed E-state index contributed by atoms with van der Waals surface area (Å²) in [7, 11) is 0. The molecule has 0 radical (unpaired) electrons. The average Bonchev–Trinajstić information content (AvgIpc) is 2.35. The lowest BCUT2D eigenvalue weighted by Crippen LogP contribution is -2.52. The summed E-state index contributed by atoms with van der Waals surface area (Å²) >= 11 is 0. The second-order valence-electron chi connectivity index (χ2n) is 5.60. The van der Waals surface area contributed by atoms with Gasteiger partial charge in [0, 0.05) is 25.2 Å². The van der Waals surface area contributed by atoms with Crippen molar-refractivity contribution in [2.75, 3.05) is 19.6 Å². The van der Waals surface area contributed by atoms with Crippen molar-refractivity contribution < 1.29 is 8.78 Å². The Kier molecular flexibility index (Phi) is 7.08. The zero-order valence-electron chi connectivity index (χ0n) is 12.0. The van der Waals surface area contributed by atoms with Gasteiger partial charge in [0.05, 0.1) is 6.54 Å². The van der Waals surface area contributed by atoms with Crippen molar-refractivity contribution in [3.8, 4) is 0 Å². The lowest BCUT2D eigenvalue weighted by molar-refractivity contribution is 0.0836. The van der Waals surface area contributed by atoms with Crippen LogP contribution in [0.25, 0.3) is 0 Å². The predicted octanol–water partition coefficient (Wildman–Crippen LogP) is 3.13. The van der Waals surface area contributed by atoms with E-state index >= 15 is 0 Å². The number of rotatable bonds is 7. The van der Waals surface area contributed by atoms with Crippen molar-refractivity contribution in [1.82, 2.24) is 10.2 Å². The van der Waals surface area contributed by atoms with Crippen molar-refractivity contribution in [3.05, 3.63) is 0 Å². The van der Waals surface area contributed by atoms with Gasteiger partial charge < -0.3 is 5.32 Å². The molecule has 1 fully saturated rings. The van der Waals surface area contributed by atoms with E-state index in [9.17, 15) is 8.78 Å². The molecule has 1 aliphatic rings. The van der Waals surface area contributed by atoms with Gasteiger partial charge in [0.1, 0.15) is 0 Å². The van der Waals surface area contributed by atoms with Gasteiger partial charge in [0.15, 0.2) is 0 Å². The predicted molar refractivity (Wildman–Crippen MR) is 72.1 cm³/mol. The second-order valence-corrected chi connectivity index (χ2v) is 5.60. The standard InChI is InChI=1S/C14H28F2N2/c1-4-6-12-7-13(17-8-14(15)16)10-18(9-12)11(3)5-2/h11-14,17H,4-10H2,1-3H3. The van der Waals surface area contributed by atoms with Crippen molar-refractivity contribution >= 4 is 0 Å². The summed E-state index contributed by atoms with van der Waals surface area (Å²) in [5.41, 5.74) is 0. The van der Waals surface area contributed by atoms with Crippen molar-refractivity contribution in [1.29, 1.82) is 0 Å². The quantitative estimate of drug-likeness (QED) is 0.758. The van der Waals surface area contributed by atoms with E-state index in [1.165, 1.54) is 12.8 Å². The van der Waals surface area contributed by atoms with Crippen LogP contribution in [-0.4, -0.2) is 43.0 Å². The van der Waals surface area contributed by atoms with Crippen molar-refractivity contribution in [2.45, 2.75) is 65.0 Å². The number of hydrogen-bond donors (Lipinski definition) is 1. The molecule has 0 amide bonds. The number of nitrogens with one attached hydrogen (secondary N) is 1. The minimum absolute atomic E-state index is 0.169. The zero-order valence-corrected chi connectivity index (χ0v) is 12.0. The van der Waals surface area contributed by atoms with Crippen LogP contribution in [0.15, 0.2) is 0 Å². The second kappa shape index (κ2) is 8.05. The maximum absolute atomic E-state index is 12.3. The Hall–Kier alpha value is -0.220. The summed E-state index contributed by atoms with van der Waals surface area (Å²) in [5.74, 6) is 0.660. The van der Waals surface area contributed by atoms with Gasteiger partial charge >= 0.3 is 0 Å². The van der Waals surface area contributed by atoms with Gasteiger partial charge in [0.25, 0.3) is 6.43 Å². The van der Waals surface area contributed by atoms with Crippen molar-refractivity contribution in [3.63, 3.8) is 0 Å². The molecule has 0 spiro atoms. The molecule has 0 aliphatic carbocycles. The maximum Gasteiger partial charge on any atom is 0.250 e. The molecule has 1 saturated heterocycles. The fourth-order valence-electron chi connectivity index (χ4n) is 2.88. The van der Waals surface area contributed by atoms with Crippen LogP contribution in [0, 0.1) is 5.92 Å². The number of likely N-dealkylation sites (tertiary alicyclic amines) is 1. The van der Waals surface area contributed by atoms with Gasteiger partial charge in [-0.15, -0.1) is 0 Å². The minimum Gasteiger partial charge on any atom is -0.307 e. The first-order chi connectivity index (χ1) is 8.56. The molecule has 1 aliphatic heterocycles. The first-order valence-corrected chi connectivity index (χ1v) is 7.32. The molecule has 0 aromatic carbocycles. The smallest absolute Gasteiger partial charge is 0.250 e. The fraction of sp³-hybridized carbons (Fsp3) is 1.00. The Balaban J connectivity index is 2.50. The summed E-state index contributed by atoms with van der Waals surface area (Å²) in [6.45, 7) is 8.51. The molecule has 108 valence electrons. The normalized spacial score (nSPS) is 27.7. The molecule has 1 heterocycles. The van der Waals surface area contributed by atoms with E-state index in [4.69, 9.17) is 0 Å². The average molecular weight is 262 g/mol. The summed E-state index contributed by atoms with van der Waals surface area (Å²) in [5, 5.41) is 3.03. The van der Waals surface area contributed by atoms with E-state index in [1.807, 2.05) is 0 Å². The van der Waals surface area contributed by atoms with Gasteiger partial charge in [-0.05, 0) is 32.1 Å². The molecule has 0 aromatic rings. The van der Waals surface area contributed by atoms with Crippen LogP contribution in [0.3, 0.4) is 0 Å². The van der Waals surface area contributed by atoms with Crippen LogP contribution in [0.5, 0.6) is 0 Å². The van der Waals surface area contributed by atoms with Gasteiger partial charge in [0.2, 0.25) is 0 Å². The van der Waals surface area contributed by atoms with Gasteiger partial charge in [-0.2, -0.15) is 0 Å². The fourth-order valence-corrected chi connectivity index (χ4v) is 2.88. The van der Waals surface area contributed by atoms with E-state index in [-0.39, 0.29) is 12.6 Å². The molecule has 0 saturated carbocycles. The highest BCUT2D eigenvalue weighted by Gasteiger charge is 2.28. The topological polar surface area (TPSA) is 15.3 Å². The Bertz CT molecular complexity index is 224. The van der Waals surface area contributed by atoms with E-state index in [0.29, 0.717) is 12.0 Å². The first kappa shape index (κ1) is 15.8. The summed E-state index contributed by atoms with van der Waals surface area (Å²) < 4.78 is 24.6. The van der Waals surface area contributed by atoms with Gasteiger partial charge in [-0.25, -0.2) is 8.78 Å². The molecular formula is C14H28F2N2. The number of hydrogen-bond acceptors (Lipinski definition) is 2. The highest BCUT2D eigenvalue weighted by molar-refractivity contribution is 4.85. The molecule has 18 heavy (non-hydrogen) atoms. The Morgan fingerprint density at radius 1 is 1.28 bits per heavy atom. The zero-order chi connectivity index (χ0) is 13.5. The van der Waals surface area contributed by atoms with Crippen molar-refractivity contribution in [2.24, 2.45) is 5.92 Å². The van der Waals surface area contributed by atoms with E-state index < -0.39 is 6.43 Å². The Morgan fingerprint density at radius 3 is 2.56 bits per heavy atom. The lowest BCUT2D eigenvalue weighted by Gasteiger charge is -2.41. The molecule has 2 nitrogen and oxygen atoms in total. The van der Waals surface area contributed by atoms with Crippen LogP contribution >= 0.6 is 0 Å². The van der Waals surface area contributed by atoms with Crippen LogP contribution in [0.1, 0.15) is 46.5 Å². The van der Waals surface area contributed by atoms with Crippen LogP contribution in [0.4, 0.5) is 8.78 Å². The van der Waals surface area contributed by atoms with E-state index in [0.717, 1.165) is 25.9 Å². The number of piperidine rings is 1. The summed E-state index contributed by atoms with van der Waals surface area (Å²) in [6, 6.07) is 0.791. The van der Waals surface area contributed by atoms with Gasteiger partial charge in [-0.1, -0.05) is 20.3 Å².